The maximum atomic E-state index is 13.5. The van der Waals surface area contributed by atoms with Crippen molar-refractivity contribution in [3.8, 4) is 5.75 Å². The van der Waals surface area contributed by atoms with Crippen LogP contribution < -0.4 is 10.1 Å². The Kier molecular flexibility index (Phi) is 3.31. The van der Waals surface area contributed by atoms with Crippen molar-refractivity contribution in [2.24, 2.45) is 17.8 Å². The Balaban J connectivity index is 1.62. The minimum Gasteiger partial charge on any atom is -0.432 e. The topological polar surface area (TPSA) is 38.3 Å². The number of ether oxygens (including phenoxy) is 1. The van der Waals surface area contributed by atoms with Gasteiger partial charge in [-0.05, 0) is 43.2 Å². The van der Waals surface area contributed by atoms with E-state index in [1.807, 2.05) is 0 Å². The number of nitrogens with one attached hydrogen (secondary N) is 1. The smallest absolute Gasteiger partial charge is 0.387 e. The summed E-state index contributed by atoms with van der Waals surface area (Å²) in [5, 5.41) is 2.62. The molecule has 0 bridgehead atoms. The van der Waals surface area contributed by atoms with Crippen LogP contribution in [0.3, 0.4) is 0 Å². The van der Waals surface area contributed by atoms with Crippen molar-refractivity contribution in [3.63, 3.8) is 0 Å². The molecule has 2 aliphatic rings. The van der Waals surface area contributed by atoms with Crippen LogP contribution in [-0.4, -0.2) is 12.5 Å². The molecule has 2 unspecified atom stereocenters. The standard InChI is InChI=1S/C14H14F3NO2/c15-11-6-10(1-2-12(11)20-14(16)17)18-13(19)9-4-7-3-8(7)5-9/h1-2,6-9,14H,3-5H2,(H,18,19). The van der Waals surface area contributed by atoms with Crippen LogP contribution in [0.1, 0.15) is 19.3 Å². The normalized spacial score (nSPS) is 27.3. The second-order valence-corrected chi connectivity index (χ2v) is 5.44. The summed E-state index contributed by atoms with van der Waals surface area (Å²) in [5.41, 5.74) is 0.259. The number of fused-ring (bicyclic) bond motifs is 1. The molecule has 20 heavy (non-hydrogen) atoms. The van der Waals surface area contributed by atoms with Gasteiger partial charge in [-0.15, -0.1) is 0 Å². The van der Waals surface area contributed by atoms with E-state index < -0.39 is 18.2 Å². The Bertz CT molecular complexity index is 525. The molecule has 3 nitrogen and oxygen atoms in total. The minimum atomic E-state index is -3.07. The van der Waals surface area contributed by atoms with E-state index >= 15 is 0 Å². The van der Waals surface area contributed by atoms with E-state index in [1.54, 1.807) is 0 Å². The first kappa shape index (κ1) is 13.3. The summed E-state index contributed by atoms with van der Waals surface area (Å²) in [6.45, 7) is -3.07. The number of benzene rings is 1. The molecule has 0 heterocycles. The number of anilines is 1. The van der Waals surface area contributed by atoms with E-state index in [1.165, 1.54) is 12.5 Å². The second kappa shape index (κ2) is 5.00. The van der Waals surface area contributed by atoms with Crippen LogP contribution in [-0.2, 0) is 4.79 Å². The third kappa shape index (κ3) is 2.73. The molecule has 0 radical (unpaired) electrons. The molecular formula is C14H14F3NO2. The van der Waals surface area contributed by atoms with Crippen LogP contribution in [0.2, 0.25) is 0 Å². The van der Waals surface area contributed by atoms with E-state index in [-0.39, 0.29) is 17.5 Å². The van der Waals surface area contributed by atoms with Gasteiger partial charge in [-0.2, -0.15) is 8.78 Å². The fraction of sp³-hybridized carbons (Fsp3) is 0.500. The molecule has 1 amide bonds. The molecule has 1 N–H and O–H groups in total. The summed E-state index contributed by atoms with van der Waals surface area (Å²) < 4.78 is 41.5. The van der Waals surface area contributed by atoms with Gasteiger partial charge in [0.2, 0.25) is 5.91 Å². The van der Waals surface area contributed by atoms with Crippen LogP contribution in [0.15, 0.2) is 18.2 Å². The highest BCUT2D eigenvalue weighted by atomic mass is 19.3. The zero-order chi connectivity index (χ0) is 14.3. The lowest BCUT2D eigenvalue weighted by Crippen LogP contribution is -2.21. The van der Waals surface area contributed by atoms with Gasteiger partial charge in [0.25, 0.3) is 0 Å². The zero-order valence-electron chi connectivity index (χ0n) is 10.6. The summed E-state index contributed by atoms with van der Waals surface area (Å²) >= 11 is 0. The predicted molar refractivity (Wildman–Crippen MR) is 66.0 cm³/mol. The second-order valence-electron chi connectivity index (χ2n) is 5.44. The number of alkyl halides is 2. The number of amides is 1. The molecule has 2 aliphatic carbocycles. The highest BCUT2D eigenvalue weighted by Crippen LogP contribution is 2.54. The molecular weight excluding hydrogens is 271 g/mol. The lowest BCUT2D eigenvalue weighted by atomic mass is 10.0. The molecule has 2 atom stereocenters. The number of hydrogen-bond acceptors (Lipinski definition) is 2. The minimum absolute atomic E-state index is 0.0150. The molecule has 1 aromatic carbocycles. The Hall–Kier alpha value is -1.72. The van der Waals surface area contributed by atoms with Crippen molar-refractivity contribution in [1.82, 2.24) is 0 Å². The SMILES string of the molecule is O=C(Nc1ccc(OC(F)F)c(F)c1)C1CC2CC2C1. The van der Waals surface area contributed by atoms with Crippen LogP contribution in [0.4, 0.5) is 18.9 Å². The Labute approximate surface area is 114 Å². The monoisotopic (exact) mass is 285 g/mol. The third-order valence-electron chi connectivity index (χ3n) is 4.03. The van der Waals surface area contributed by atoms with Gasteiger partial charge >= 0.3 is 6.61 Å². The summed E-state index contributed by atoms with van der Waals surface area (Å²) in [4.78, 5) is 12.0. The Morgan fingerprint density at radius 2 is 1.95 bits per heavy atom. The van der Waals surface area contributed by atoms with E-state index in [4.69, 9.17) is 0 Å². The van der Waals surface area contributed by atoms with Crippen LogP contribution in [0, 0.1) is 23.6 Å². The number of carbonyl (C=O) groups excluding carboxylic acids is 1. The molecule has 2 fully saturated rings. The third-order valence-corrected chi connectivity index (χ3v) is 4.03. The molecule has 0 aromatic heterocycles. The van der Waals surface area contributed by atoms with E-state index in [2.05, 4.69) is 10.1 Å². The molecule has 0 saturated heterocycles. The lowest BCUT2D eigenvalue weighted by molar-refractivity contribution is -0.120. The predicted octanol–water partition coefficient (Wildman–Crippen LogP) is 3.41. The van der Waals surface area contributed by atoms with Crippen LogP contribution in [0.5, 0.6) is 5.75 Å². The number of rotatable bonds is 4. The van der Waals surface area contributed by atoms with Crippen molar-refractivity contribution < 1.29 is 22.7 Å². The van der Waals surface area contributed by atoms with Gasteiger partial charge in [-0.25, -0.2) is 4.39 Å². The molecule has 108 valence electrons. The van der Waals surface area contributed by atoms with E-state index in [0.29, 0.717) is 11.8 Å². The largest absolute Gasteiger partial charge is 0.432 e. The van der Waals surface area contributed by atoms with Gasteiger partial charge in [0.05, 0.1) is 0 Å². The van der Waals surface area contributed by atoms with Gasteiger partial charge in [0.15, 0.2) is 11.6 Å². The van der Waals surface area contributed by atoms with E-state index in [0.717, 1.165) is 25.0 Å². The highest BCUT2D eigenvalue weighted by molar-refractivity contribution is 5.92. The van der Waals surface area contributed by atoms with Crippen molar-refractivity contribution in [2.45, 2.75) is 25.9 Å². The Morgan fingerprint density at radius 3 is 2.55 bits per heavy atom. The summed E-state index contributed by atoms with van der Waals surface area (Å²) in [7, 11) is 0. The van der Waals surface area contributed by atoms with E-state index in [9.17, 15) is 18.0 Å². The first-order valence-corrected chi connectivity index (χ1v) is 6.58. The highest BCUT2D eigenvalue weighted by Gasteiger charge is 2.47. The maximum Gasteiger partial charge on any atom is 0.387 e. The van der Waals surface area contributed by atoms with Crippen LogP contribution in [0.25, 0.3) is 0 Å². The quantitative estimate of drug-likeness (QED) is 0.920. The van der Waals surface area contributed by atoms with Crippen LogP contribution >= 0.6 is 0 Å². The molecule has 0 aliphatic heterocycles. The van der Waals surface area contributed by atoms with Crippen molar-refractivity contribution in [1.29, 1.82) is 0 Å². The van der Waals surface area contributed by atoms with Gasteiger partial charge in [0.1, 0.15) is 0 Å². The van der Waals surface area contributed by atoms with Gasteiger partial charge in [0, 0.05) is 17.7 Å². The summed E-state index contributed by atoms with van der Waals surface area (Å²) in [6.07, 6.45) is 3.01. The van der Waals surface area contributed by atoms with Gasteiger partial charge in [-0.3, -0.25) is 4.79 Å². The van der Waals surface area contributed by atoms with Crippen molar-refractivity contribution >= 4 is 11.6 Å². The molecule has 6 heteroatoms. The Morgan fingerprint density at radius 1 is 1.25 bits per heavy atom. The van der Waals surface area contributed by atoms with Gasteiger partial charge in [-0.1, -0.05) is 0 Å². The molecule has 3 rings (SSSR count). The average molecular weight is 285 g/mol. The molecule has 0 spiro atoms. The van der Waals surface area contributed by atoms with Crippen molar-refractivity contribution in [2.75, 3.05) is 5.32 Å². The average Bonchev–Trinajstić information content (AvgIpc) is 2.99. The van der Waals surface area contributed by atoms with Gasteiger partial charge < -0.3 is 10.1 Å². The summed E-state index contributed by atoms with van der Waals surface area (Å²) in [5.74, 6) is -0.219. The first-order chi connectivity index (χ1) is 9.52. The number of hydrogen-bond donors (Lipinski definition) is 1. The fourth-order valence-corrected chi connectivity index (χ4v) is 2.94. The fourth-order valence-electron chi connectivity index (χ4n) is 2.94. The van der Waals surface area contributed by atoms with Crippen molar-refractivity contribution in [3.05, 3.63) is 24.0 Å². The molecule has 1 aromatic rings. The number of halogens is 3. The number of carbonyl (C=O) groups is 1. The first-order valence-electron chi connectivity index (χ1n) is 6.58. The molecule has 2 saturated carbocycles. The maximum absolute atomic E-state index is 13.5. The lowest BCUT2D eigenvalue weighted by Gasteiger charge is -2.13. The summed E-state index contributed by atoms with van der Waals surface area (Å²) in [6, 6.07) is 3.43. The zero-order valence-corrected chi connectivity index (χ0v) is 10.6.